The first-order valence-corrected chi connectivity index (χ1v) is 5.19. The molecule has 0 atom stereocenters. The highest BCUT2D eigenvalue weighted by Crippen LogP contribution is 2.30. The first-order valence-electron chi connectivity index (χ1n) is 5.19. The zero-order chi connectivity index (χ0) is 11.3. The summed E-state index contributed by atoms with van der Waals surface area (Å²) in [7, 11) is 0. The third kappa shape index (κ3) is 2.07. The molecule has 0 radical (unpaired) electrons. The minimum atomic E-state index is -0.445. The van der Waals surface area contributed by atoms with Gasteiger partial charge in [0, 0.05) is 5.56 Å². The van der Waals surface area contributed by atoms with E-state index in [1.54, 1.807) is 6.07 Å². The fraction of sp³-hybridized carbons (Fsp3) is 0.385. The van der Waals surface area contributed by atoms with E-state index < -0.39 is 5.41 Å². The molecule has 0 aliphatic carbocycles. The van der Waals surface area contributed by atoms with Gasteiger partial charge in [-0.1, -0.05) is 32.0 Å². The summed E-state index contributed by atoms with van der Waals surface area (Å²) in [5, 5.41) is 9.26. The Morgan fingerprint density at radius 1 is 1.40 bits per heavy atom. The van der Waals surface area contributed by atoms with Crippen LogP contribution in [0.25, 0.3) is 0 Å². The van der Waals surface area contributed by atoms with Crippen LogP contribution in [0, 0.1) is 11.3 Å². The predicted molar refractivity (Wildman–Crippen MR) is 59.7 cm³/mol. The van der Waals surface area contributed by atoms with Crippen LogP contribution in [0.5, 0.6) is 0 Å². The van der Waals surface area contributed by atoms with Gasteiger partial charge in [-0.15, -0.1) is 0 Å². The molecule has 0 amide bonds. The van der Waals surface area contributed by atoms with Gasteiger partial charge < -0.3 is 0 Å². The molecule has 0 bridgehead atoms. The maximum absolute atomic E-state index is 10.7. The minimum Gasteiger partial charge on any atom is -0.298 e. The van der Waals surface area contributed by atoms with Gasteiger partial charge in [0.05, 0.1) is 11.5 Å². The summed E-state index contributed by atoms with van der Waals surface area (Å²) >= 11 is 0. The standard InChI is InChI=1S/C13H15NO/c1-3-13(4-2,10-14)12-7-5-6-11(8-12)9-15/h5-9H,3-4H2,1-2H3. The third-order valence-electron chi connectivity index (χ3n) is 3.00. The summed E-state index contributed by atoms with van der Waals surface area (Å²) < 4.78 is 0. The molecule has 1 rings (SSSR count). The molecule has 78 valence electrons. The number of nitrogens with zero attached hydrogens (tertiary/aromatic N) is 1. The van der Waals surface area contributed by atoms with Gasteiger partial charge in [0.2, 0.25) is 0 Å². The number of hydrogen-bond donors (Lipinski definition) is 0. The Morgan fingerprint density at radius 3 is 2.53 bits per heavy atom. The zero-order valence-corrected chi connectivity index (χ0v) is 9.16. The molecular formula is C13H15NO. The van der Waals surface area contributed by atoms with Crippen LogP contribution in [0.4, 0.5) is 0 Å². The van der Waals surface area contributed by atoms with Crippen LogP contribution in [0.2, 0.25) is 0 Å². The maximum atomic E-state index is 10.7. The fourth-order valence-corrected chi connectivity index (χ4v) is 1.79. The second-order valence-corrected chi connectivity index (χ2v) is 3.64. The van der Waals surface area contributed by atoms with Gasteiger partial charge in [-0.3, -0.25) is 4.79 Å². The van der Waals surface area contributed by atoms with Crippen LogP contribution in [0.1, 0.15) is 42.6 Å². The molecule has 15 heavy (non-hydrogen) atoms. The second-order valence-electron chi connectivity index (χ2n) is 3.64. The van der Waals surface area contributed by atoms with E-state index in [1.165, 1.54) is 0 Å². The van der Waals surface area contributed by atoms with Gasteiger partial charge in [-0.25, -0.2) is 0 Å². The number of benzene rings is 1. The van der Waals surface area contributed by atoms with Crippen molar-refractivity contribution in [3.8, 4) is 6.07 Å². The van der Waals surface area contributed by atoms with Crippen molar-refractivity contribution in [3.63, 3.8) is 0 Å². The first kappa shape index (κ1) is 11.5. The molecule has 0 saturated carbocycles. The SMILES string of the molecule is CCC(C#N)(CC)c1cccc(C=O)c1. The van der Waals surface area contributed by atoms with Crippen molar-refractivity contribution in [3.05, 3.63) is 35.4 Å². The number of rotatable bonds is 4. The van der Waals surface area contributed by atoms with Crippen molar-refractivity contribution in [1.29, 1.82) is 5.26 Å². The van der Waals surface area contributed by atoms with Gasteiger partial charge in [-0.2, -0.15) is 5.26 Å². The van der Waals surface area contributed by atoms with Gasteiger partial charge in [-0.05, 0) is 24.5 Å². The lowest BCUT2D eigenvalue weighted by Gasteiger charge is -2.23. The van der Waals surface area contributed by atoms with Crippen LogP contribution in [-0.4, -0.2) is 6.29 Å². The van der Waals surface area contributed by atoms with Crippen LogP contribution in [0.3, 0.4) is 0 Å². The largest absolute Gasteiger partial charge is 0.298 e. The fourth-order valence-electron chi connectivity index (χ4n) is 1.79. The van der Waals surface area contributed by atoms with E-state index in [1.807, 2.05) is 32.0 Å². The van der Waals surface area contributed by atoms with Crippen molar-refractivity contribution in [1.82, 2.24) is 0 Å². The predicted octanol–water partition coefficient (Wildman–Crippen LogP) is 3.08. The molecule has 0 aromatic heterocycles. The number of aldehydes is 1. The molecule has 0 fully saturated rings. The average Bonchev–Trinajstić information content (AvgIpc) is 2.32. The van der Waals surface area contributed by atoms with E-state index in [9.17, 15) is 10.1 Å². The van der Waals surface area contributed by atoms with Gasteiger partial charge in [0.25, 0.3) is 0 Å². The molecule has 2 nitrogen and oxygen atoms in total. The third-order valence-corrected chi connectivity index (χ3v) is 3.00. The van der Waals surface area contributed by atoms with Crippen LogP contribution < -0.4 is 0 Å². The Morgan fingerprint density at radius 2 is 2.07 bits per heavy atom. The first-order chi connectivity index (χ1) is 7.22. The summed E-state index contributed by atoms with van der Waals surface area (Å²) in [6, 6.07) is 9.68. The molecule has 2 heteroatoms. The Kier molecular flexibility index (Phi) is 3.62. The average molecular weight is 201 g/mol. The molecule has 0 heterocycles. The Balaban J connectivity index is 3.23. The van der Waals surface area contributed by atoms with Gasteiger partial charge in [0.15, 0.2) is 0 Å². The van der Waals surface area contributed by atoms with Crippen LogP contribution in [0.15, 0.2) is 24.3 Å². The lowest BCUT2D eigenvalue weighted by molar-refractivity contribution is 0.112. The highest BCUT2D eigenvalue weighted by molar-refractivity contribution is 5.75. The van der Waals surface area contributed by atoms with Crippen molar-refractivity contribution in [2.24, 2.45) is 0 Å². The summed E-state index contributed by atoms with van der Waals surface area (Å²) in [6.45, 7) is 4.00. The van der Waals surface area contributed by atoms with Gasteiger partial charge in [0.1, 0.15) is 6.29 Å². The van der Waals surface area contributed by atoms with E-state index in [-0.39, 0.29) is 0 Å². The summed E-state index contributed by atoms with van der Waals surface area (Å²) in [5.74, 6) is 0. The molecule has 0 unspecified atom stereocenters. The lowest BCUT2D eigenvalue weighted by Crippen LogP contribution is -2.21. The van der Waals surface area contributed by atoms with E-state index in [0.717, 1.165) is 24.7 Å². The molecule has 0 saturated heterocycles. The molecule has 1 aromatic carbocycles. The van der Waals surface area contributed by atoms with E-state index in [4.69, 9.17) is 0 Å². The molecule has 0 N–H and O–H groups in total. The monoisotopic (exact) mass is 201 g/mol. The number of carbonyl (C=O) groups is 1. The normalized spacial score (nSPS) is 10.7. The summed E-state index contributed by atoms with van der Waals surface area (Å²) in [4.78, 5) is 10.7. The molecule has 0 spiro atoms. The highest BCUT2D eigenvalue weighted by atomic mass is 16.1. The van der Waals surface area contributed by atoms with Gasteiger partial charge >= 0.3 is 0 Å². The highest BCUT2D eigenvalue weighted by Gasteiger charge is 2.28. The van der Waals surface area contributed by atoms with Crippen LogP contribution >= 0.6 is 0 Å². The number of hydrogen-bond acceptors (Lipinski definition) is 2. The molecule has 0 aliphatic rings. The summed E-state index contributed by atoms with van der Waals surface area (Å²) in [6.07, 6.45) is 2.35. The molecular weight excluding hydrogens is 186 g/mol. The van der Waals surface area contributed by atoms with Crippen LogP contribution in [-0.2, 0) is 5.41 Å². The number of carbonyl (C=O) groups excluding carboxylic acids is 1. The van der Waals surface area contributed by atoms with E-state index >= 15 is 0 Å². The Bertz CT molecular complexity index is 386. The summed E-state index contributed by atoms with van der Waals surface area (Å²) in [5.41, 5.74) is 1.13. The van der Waals surface area contributed by atoms with E-state index in [2.05, 4.69) is 6.07 Å². The maximum Gasteiger partial charge on any atom is 0.150 e. The Hall–Kier alpha value is -1.62. The topological polar surface area (TPSA) is 40.9 Å². The van der Waals surface area contributed by atoms with Crippen molar-refractivity contribution < 1.29 is 4.79 Å². The minimum absolute atomic E-state index is 0.445. The smallest absolute Gasteiger partial charge is 0.150 e. The quantitative estimate of drug-likeness (QED) is 0.702. The second kappa shape index (κ2) is 4.75. The van der Waals surface area contributed by atoms with E-state index in [0.29, 0.717) is 5.56 Å². The van der Waals surface area contributed by atoms with Crippen molar-refractivity contribution >= 4 is 6.29 Å². The van der Waals surface area contributed by atoms with Crippen molar-refractivity contribution in [2.45, 2.75) is 32.1 Å². The molecule has 0 aliphatic heterocycles. The lowest BCUT2D eigenvalue weighted by atomic mass is 9.77. The Labute approximate surface area is 90.5 Å². The zero-order valence-electron chi connectivity index (χ0n) is 9.16. The van der Waals surface area contributed by atoms with Crippen molar-refractivity contribution in [2.75, 3.05) is 0 Å². The number of nitriles is 1. The molecule has 1 aromatic rings.